The average molecular weight is 291 g/mol. The lowest BCUT2D eigenvalue weighted by Gasteiger charge is -2.23. The van der Waals surface area contributed by atoms with Gasteiger partial charge in [0.25, 0.3) is 0 Å². The molecule has 2 unspecified atom stereocenters. The molecule has 2 atom stereocenters. The number of likely N-dealkylation sites (tertiary alicyclic amines) is 1. The van der Waals surface area contributed by atoms with Crippen LogP contribution < -0.4 is 0 Å². The molecule has 118 valence electrons. The van der Waals surface area contributed by atoms with Crippen LogP contribution in [-0.4, -0.2) is 44.0 Å². The molecule has 1 aromatic rings. The van der Waals surface area contributed by atoms with Gasteiger partial charge in [0.1, 0.15) is 0 Å². The molecule has 1 saturated carbocycles. The summed E-state index contributed by atoms with van der Waals surface area (Å²) in [5.74, 6) is 0. The topological polar surface area (TPSA) is 41.3 Å². The fourth-order valence-electron chi connectivity index (χ4n) is 3.93. The van der Waals surface area contributed by atoms with E-state index in [1.54, 1.807) is 0 Å². The van der Waals surface area contributed by atoms with Crippen LogP contribution >= 0.6 is 0 Å². The van der Waals surface area contributed by atoms with Gasteiger partial charge >= 0.3 is 0 Å². The Balaban J connectivity index is 1.66. The van der Waals surface area contributed by atoms with Gasteiger partial charge in [0.05, 0.1) is 17.3 Å². The highest BCUT2D eigenvalue weighted by atomic mass is 16.3. The van der Waals surface area contributed by atoms with Crippen molar-refractivity contribution in [3.05, 3.63) is 18.0 Å². The highest BCUT2D eigenvalue weighted by molar-refractivity contribution is 5.09. The van der Waals surface area contributed by atoms with Gasteiger partial charge in [-0.05, 0) is 45.1 Å². The zero-order valence-electron chi connectivity index (χ0n) is 13.6. The summed E-state index contributed by atoms with van der Waals surface area (Å²) in [5.41, 5.74) is 0.448. The van der Waals surface area contributed by atoms with Crippen LogP contribution in [0.4, 0.5) is 0 Å². The van der Waals surface area contributed by atoms with Crippen molar-refractivity contribution in [3.8, 4) is 0 Å². The summed E-state index contributed by atoms with van der Waals surface area (Å²) in [6.45, 7) is 7.47. The van der Waals surface area contributed by atoms with E-state index in [9.17, 15) is 5.11 Å². The number of aliphatic hydroxyl groups is 1. The summed E-state index contributed by atoms with van der Waals surface area (Å²) < 4.78 is 2.08. The van der Waals surface area contributed by atoms with Crippen LogP contribution in [0.1, 0.15) is 64.6 Å². The Morgan fingerprint density at radius 1 is 1.38 bits per heavy atom. The van der Waals surface area contributed by atoms with E-state index < -0.39 is 5.60 Å². The van der Waals surface area contributed by atoms with Gasteiger partial charge in [-0.15, -0.1) is 0 Å². The molecule has 1 aliphatic heterocycles. The molecule has 2 fully saturated rings. The summed E-state index contributed by atoms with van der Waals surface area (Å²) >= 11 is 0. The predicted octanol–water partition coefficient (Wildman–Crippen LogP) is 2.77. The van der Waals surface area contributed by atoms with Crippen molar-refractivity contribution in [2.24, 2.45) is 0 Å². The van der Waals surface area contributed by atoms with E-state index in [2.05, 4.69) is 42.6 Å². The molecule has 2 aliphatic rings. The molecule has 4 heteroatoms. The van der Waals surface area contributed by atoms with Crippen LogP contribution in [0.25, 0.3) is 0 Å². The van der Waals surface area contributed by atoms with Crippen molar-refractivity contribution in [1.82, 2.24) is 14.7 Å². The van der Waals surface area contributed by atoms with Gasteiger partial charge in [-0.25, -0.2) is 0 Å². The first-order chi connectivity index (χ1) is 10.0. The van der Waals surface area contributed by atoms with Crippen LogP contribution in [0, 0.1) is 0 Å². The second-order valence-corrected chi connectivity index (χ2v) is 7.12. The first-order valence-electron chi connectivity index (χ1n) is 8.57. The lowest BCUT2D eigenvalue weighted by molar-refractivity contribution is 0.0475. The fourth-order valence-corrected chi connectivity index (χ4v) is 3.93. The number of nitrogens with zero attached hydrogens (tertiary/aromatic N) is 3. The van der Waals surface area contributed by atoms with E-state index in [4.69, 9.17) is 5.10 Å². The SMILES string of the molecule is CCC(CC)n1ccc(CC2(O)CC(C)N(C3CC3)C2)n1. The van der Waals surface area contributed by atoms with Crippen molar-refractivity contribution >= 4 is 0 Å². The second-order valence-electron chi connectivity index (χ2n) is 7.12. The molecule has 2 heterocycles. The largest absolute Gasteiger partial charge is 0.388 e. The Bertz CT molecular complexity index is 478. The van der Waals surface area contributed by atoms with Crippen molar-refractivity contribution in [2.45, 2.75) is 83.0 Å². The minimum Gasteiger partial charge on any atom is -0.388 e. The smallest absolute Gasteiger partial charge is 0.0844 e. The fraction of sp³-hybridized carbons (Fsp3) is 0.824. The molecule has 0 radical (unpaired) electrons. The summed E-state index contributed by atoms with van der Waals surface area (Å²) in [4.78, 5) is 2.50. The zero-order valence-corrected chi connectivity index (χ0v) is 13.6. The third-order valence-corrected chi connectivity index (χ3v) is 5.22. The first kappa shape index (κ1) is 15.0. The van der Waals surface area contributed by atoms with E-state index in [1.165, 1.54) is 12.8 Å². The monoisotopic (exact) mass is 291 g/mol. The maximum absolute atomic E-state index is 10.9. The average Bonchev–Trinajstić information content (AvgIpc) is 3.12. The summed E-state index contributed by atoms with van der Waals surface area (Å²) in [6.07, 6.45) is 8.47. The highest BCUT2D eigenvalue weighted by Gasteiger charge is 2.46. The third-order valence-electron chi connectivity index (χ3n) is 5.22. The van der Waals surface area contributed by atoms with Gasteiger partial charge in [-0.3, -0.25) is 9.58 Å². The van der Waals surface area contributed by atoms with E-state index in [0.29, 0.717) is 18.5 Å². The molecule has 0 spiro atoms. The normalized spacial score (nSPS) is 30.4. The highest BCUT2D eigenvalue weighted by Crippen LogP contribution is 2.38. The second kappa shape index (κ2) is 5.73. The molecule has 0 amide bonds. The molecule has 0 aromatic carbocycles. The summed E-state index contributed by atoms with van der Waals surface area (Å²) in [6, 6.07) is 3.81. The van der Waals surface area contributed by atoms with Gasteiger partial charge in [-0.1, -0.05) is 13.8 Å². The quantitative estimate of drug-likeness (QED) is 0.876. The van der Waals surface area contributed by atoms with Gasteiger partial charge < -0.3 is 5.11 Å². The third kappa shape index (κ3) is 3.16. The molecule has 1 saturated heterocycles. The zero-order chi connectivity index (χ0) is 15.0. The van der Waals surface area contributed by atoms with Gasteiger partial charge in [0, 0.05) is 31.2 Å². The van der Waals surface area contributed by atoms with Gasteiger partial charge in [-0.2, -0.15) is 5.10 Å². The maximum atomic E-state index is 10.9. The van der Waals surface area contributed by atoms with Crippen LogP contribution in [0.5, 0.6) is 0 Å². The van der Waals surface area contributed by atoms with E-state index in [0.717, 1.165) is 37.5 Å². The van der Waals surface area contributed by atoms with Crippen molar-refractivity contribution in [1.29, 1.82) is 0 Å². The number of hydrogen-bond acceptors (Lipinski definition) is 3. The number of hydrogen-bond donors (Lipinski definition) is 1. The molecular formula is C17H29N3O. The first-order valence-corrected chi connectivity index (χ1v) is 8.57. The summed E-state index contributed by atoms with van der Waals surface area (Å²) in [5, 5.41) is 15.6. The Hall–Kier alpha value is -0.870. The van der Waals surface area contributed by atoms with Gasteiger partial charge in [0.15, 0.2) is 0 Å². The number of aromatic nitrogens is 2. The predicted molar refractivity (Wildman–Crippen MR) is 84.3 cm³/mol. The number of β-amino-alcohol motifs (C(OH)–C–C–N with tert-alkyl or cyclic N) is 1. The molecule has 1 aliphatic carbocycles. The van der Waals surface area contributed by atoms with Crippen molar-refractivity contribution in [2.75, 3.05) is 6.54 Å². The van der Waals surface area contributed by atoms with E-state index in [1.807, 2.05) is 0 Å². The van der Waals surface area contributed by atoms with E-state index >= 15 is 0 Å². The minimum atomic E-state index is -0.588. The minimum absolute atomic E-state index is 0.485. The molecule has 0 bridgehead atoms. The molecule has 1 aromatic heterocycles. The van der Waals surface area contributed by atoms with Crippen LogP contribution in [0.3, 0.4) is 0 Å². The lowest BCUT2D eigenvalue weighted by atomic mass is 9.95. The van der Waals surface area contributed by atoms with Crippen molar-refractivity contribution in [3.63, 3.8) is 0 Å². The summed E-state index contributed by atoms with van der Waals surface area (Å²) in [7, 11) is 0. The Morgan fingerprint density at radius 2 is 2.10 bits per heavy atom. The van der Waals surface area contributed by atoms with Crippen LogP contribution in [0.15, 0.2) is 12.3 Å². The Labute approximate surface area is 128 Å². The maximum Gasteiger partial charge on any atom is 0.0844 e. The van der Waals surface area contributed by atoms with Crippen LogP contribution in [0.2, 0.25) is 0 Å². The van der Waals surface area contributed by atoms with Gasteiger partial charge in [0.2, 0.25) is 0 Å². The Kier molecular flexibility index (Phi) is 4.10. The molecule has 1 N–H and O–H groups in total. The Morgan fingerprint density at radius 3 is 2.71 bits per heavy atom. The molecular weight excluding hydrogens is 262 g/mol. The molecule has 21 heavy (non-hydrogen) atoms. The standard InChI is InChI=1S/C17H29N3O/c1-4-15(5-2)20-9-8-14(18-20)11-17(21)10-13(3)19(12-17)16-6-7-16/h8-9,13,15-16,21H,4-7,10-12H2,1-3H3. The van der Waals surface area contributed by atoms with E-state index in [-0.39, 0.29) is 0 Å². The van der Waals surface area contributed by atoms with Crippen LogP contribution in [-0.2, 0) is 6.42 Å². The number of rotatable bonds is 6. The molecule has 4 nitrogen and oxygen atoms in total. The molecule has 3 rings (SSSR count). The lowest BCUT2D eigenvalue weighted by Crippen LogP contribution is -2.36. The van der Waals surface area contributed by atoms with Crippen molar-refractivity contribution < 1.29 is 5.11 Å².